The van der Waals surface area contributed by atoms with Gasteiger partial charge < -0.3 is 4.90 Å². The largest absolute Gasteiger partial charge is 0.337 e. The third-order valence-electron chi connectivity index (χ3n) is 6.49. The molecule has 6 heteroatoms. The van der Waals surface area contributed by atoms with Gasteiger partial charge in [-0.1, -0.05) is 19.8 Å². The molecule has 2 aromatic rings. The van der Waals surface area contributed by atoms with Crippen molar-refractivity contribution in [1.82, 2.24) is 24.5 Å². The number of nitrogens with zero attached hydrogens (tertiary/aromatic N) is 6. The van der Waals surface area contributed by atoms with Crippen LogP contribution in [0, 0.1) is 17.8 Å². The second-order valence-corrected chi connectivity index (χ2v) is 8.43. The summed E-state index contributed by atoms with van der Waals surface area (Å²) in [4.78, 5) is 2.59. The minimum atomic E-state index is 0.660. The topological polar surface area (TPSA) is 51.8 Å². The quantitative estimate of drug-likeness (QED) is 0.858. The molecule has 0 spiro atoms. The molecule has 3 fully saturated rings. The number of rotatable bonds is 4. The highest BCUT2D eigenvalue weighted by atomic mass is 15.4. The molecule has 3 heterocycles. The summed E-state index contributed by atoms with van der Waals surface area (Å²) in [5.74, 6) is 4.49. The molecule has 2 aromatic heterocycles. The predicted molar refractivity (Wildman–Crippen MR) is 97.2 cm³/mol. The summed E-state index contributed by atoms with van der Waals surface area (Å²) < 4.78 is 4.23. The summed E-state index contributed by atoms with van der Waals surface area (Å²) >= 11 is 0. The first-order chi connectivity index (χ1) is 12.2. The molecule has 0 bridgehead atoms. The summed E-state index contributed by atoms with van der Waals surface area (Å²) in [6, 6.07) is 0.660. The normalized spacial score (nSPS) is 29.2. The Bertz CT molecular complexity index is 758. The molecule has 3 unspecified atom stereocenters. The highest BCUT2D eigenvalue weighted by molar-refractivity contribution is 5.56. The number of anilines is 1. The Labute approximate surface area is 149 Å². The van der Waals surface area contributed by atoms with Crippen LogP contribution in [-0.4, -0.2) is 37.1 Å². The van der Waals surface area contributed by atoms with Crippen LogP contribution in [0.25, 0.3) is 11.4 Å². The summed E-state index contributed by atoms with van der Waals surface area (Å²) in [5.41, 5.74) is 1.08. The van der Waals surface area contributed by atoms with E-state index in [1.807, 2.05) is 24.1 Å². The Morgan fingerprint density at radius 2 is 1.96 bits per heavy atom. The van der Waals surface area contributed by atoms with Crippen molar-refractivity contribution < 1.29 is 0 Å². The van der Waals surface area contributed by atoms with Crippen molar-refractivity contribution in [3.05, 3.63) is 12.4 Å². The molecule has 0 aromatic carbocycles. The van der Waals surface area contributed by atoms with Crippen LogP contribution < -0.4 is 4.90 Å². The van der Waals surface area contributed by atoms with E-state index in [4.69, 9.17) is 5.10 Å². The lowest BCUT2D eigenvalue weighted by Crippen LogP contribution is -2.36. The first-order valence-corrected chi connectivity index (χ1v) is 9.89. The van der Waals surface area contributed by atoms with Crippen molar-refractivity contribution >= 4 is 5.95 Å². The summed E-state index contributed by atoms with van der Waals surface area (Å²) in [5, 5.41) is 13.6. The maximum absolute atomic E-state index is 4.69. The van der Waals surface area contributed by atoms with E-state index in [0.29, 0.717) is 6.04 Å². The van der Waals surface area contributed by atoms with Gasteiger partial charge in [0.15, 0.2) is 5.82 Å². The zero-order valence-electron chi connectivity index (χ0n) is 15.3. The Kier molecular flexibility index (Phi) is 3.61. The molecular weight excluding hydrogens is 312 g/mol. The number of fused-ring (bicyclic) bond motifs is 1. The number of aromatic nitrogens is 5. The molecule has 3 aliphatic rings. The van der Waals surface area contributed by atoms with E-state index >= 15 is 0 Å². The molecular formula is C19H28N6. The smallest absolute Gasteiger partial charge is 0.227 e. The van der Waals surface area contributed by atoms with E-state index in [9.17, 15) is 0 Å². The lowest BCUT2D eigenvalue weighted by atomic mass is 9.80. The molecule has 2 aliphatic carbocycles. The molecule has 25 heavy (non-hydrogen) atoms. The third kappa shape index (κ3) is 2.66. The van der Waals surface area contributed by atoms with Crippen LogP contribution in [-0.2, 0) is 13.6 Å². The maximum atomic E-state index is 4.69. The summed E-state index contributed by atoms with van der Waals surface area (Å²) in [6.07, 6.45) is 12.1. The van der Waals surface area contributed by atoms with Crippen LogP contribution in [0.5, 0.6) is 0 Å². The molecule has 134 valence electrons. The highest BCUT2D eigenvalue weighted by Gasteiger charge is 2.43. The minimum absolute atomic E-state index is 0.660. The van der Waals surface area contributed by atoms with Gasteiger partial charge in [-0.05, 0) is 43.4 Å². The van der Waals surface area contributed by atoms with Gasteiger partial charge >= 0.3 is 0 Å². The molecule has 0 radical (unpaired) electrons. The van der Waals surface area contributed by atoms with Crippen LogP contribution in [0.15, 0.2) is 12.4 Å². The average Bonchev–Trinajstić information content (AvgIpc) is 3.02. The van der Waals surface area contributed by atoms with Crippen LogP contribution in [0.2, 0.25) is 0 Å². The fraction of sp³-hybridized carbons (Fsp3) is 0.737. The zero-order valence-corrected chi connectivity index (χ0v) is 15.3. The first-order valence-electron chi connectivity index (χ1n) is 9.89. The van der Waals surface area contributed by atoms with E-state index in [-0.39, 0.29) is 0 Å². The van der Waals surface area contributed by atoms with E-state index < -0.39 is 0 Å². The molecule has 5 rings (SSSR count). The van der Waals surface area contributed by atoms with Gasteiger partial charge in [-0.25, -0.2) is 0 Å². The SMILES string of the molecule is CC1CN(c2nnc(-c3cnn(C)c3)n2CC2CC2)C2CCCCC12. The van der Waals surface area contributed by atoms with Crippen LogP contribution >= 0.6 is 0 Å². The van der Waals surface area contributed by atoms with Gasteiger partial charge in [0.25, 0.3) is 0 Å². The van der Waals surface area contributed by atoms with Crippen LogP contribution in [0.1, 0.15) is 45.4 Å². The average molecular weight is 340 g/mol. The van der Waals surface area contributed by atoms with Crippen molar-refractivity contribution in [2.45, 2.75) is 58.0 Å². The van der Waals surface area contributed by atoms with E-state index in [1.165, 1.54) is 38.5 Å². The fourth-order valence-electron chi connectivity index (χ4n) is 4.99. The Morgan fingerprint density at radius 1 is 1.12 bits per heavy atom. The Hall–Kier alpha value is -1.85. The standard InChI is InChI=1S/C19H28N6/c1-13-10-24(17-6-4-3-5-16(13)17)19-22-21-18(15-9-20-23(2)12-15)25(19)11-14-7-8-14/h9,12-14,16-17H,3-8,10-11H2,1-2H3. The Morgan fingerprint density at radius 3 is 2.72 bits per heavy atom. The molecule has 3 atom stereocenters. The lowest BCUT2D eigenvalue weighted by Gasteiger charge is -2.32. The second-order valence-electron chi connectivity index (χ2n) is 8.43. The third-order valence-corrected chi connectivity index (χ3v) is 6.49. The molecule has 0 amide bonds. The minimum Gasteiger partial charge on any atom is -0.337 e. The van der Waals surface area contributed by atoms with Gasteiger partial charge in [-0.3, -0.25) is 9.25 Å². The molecule has 0 N–H and O–H groups in total. The molecule has 2 saturated carbocycles. The molecule has 1 aliphatic heterocycles. The molecule has 6 nitrogen and oxygen atoms in total. The maximum Gasteiger partial charge on any atom is 0.227 e. The van der Waals surface area contributed by atoms with Crippen molar-refractivity contribution in [2.75, 3.05) is 11.4 Å². The lowest BCUT2D eigenvalue weighted by molar-refractivity contribution is 0.292. The summed E-state index contributed by atoms with van der Waals surface area (Å²) in [7, 11) is 1.96. The van der Waals surface area contributed by atoms with Gasteiger partial charge in [0.2, 0.25) is 5.95 Å². The van der Waals surface area contributed by atoms with Gasteiger partial charge in [-0.2, -0.15) is 5.10 Å². The Balaban J connectivity index is 1.53. The molecule has 1 saturated heterocycles. The van der Waals surface area contributed by atoms with E-state index in [0.717, 1.165) is 48.2 Å². The van der Waals surface area contributed by atoms with E-state index in [2.05, 4.69) is 26.6 Å². The van der Waals surface area contributed by atoms with Gasteiger partial charge in [0, 0.05) is 32.4 Å². The van der Waals surface area contributed by atoms with Crippen LogP contribution in [0.3, 0.4) is 0 Å². The number of aryl methyl sites for hydroxylation is 1. The number of hydrogen-bond donors (Lipinski definition) is 0. The zero-order chi connectivity index (χ0) is 17.0. The highest BCUT2D eigenvalue weighted by Crippen LogP contribution is 2.43. The van der Waals surface area contributed by atoms with Crippen LogP contribution in [0.4, 0.5) is 5.95 Å². The number of hydrogen-bond acceptors (Lipinski definition) is 4. The first kappa shape index (κ1) is 15.4. The van der Waals surface area contributed by atoms with E-state index in [1.54, 1.807) is 0 Å². The fourth-order valence-corrected chi connectivity index (χ4v) is 4.99. The second kappa shape index (κ2) is 5.85. The predicted octanol–water partition coefficient (Wildman–Crippen LogP) is 3.10. The van der Waals surface area contributed by atoms with Crippen molar-refractivity contribution in [3.8, 4) is 11.4 Å². The van der Waals surface area contributed by atoms with Gasteiger partial charge in [0.05, 0.1) is 11.8 Å². The van der Waals surface area contributed by atoms with Gasteiger partial charge in [0.1, 0.15) is 0 Å². The monoisotopic (exact) mass is 340 g/mol. The summed E-state index contributed by atoms with van der Waals surface area (Å²) in [6.45, 7) is 4.60. The van der Waals surface area contributed by atoms with Crippen molar-refractivity contribution in [2.24, 2.45) is 24.8 Å². The van der Waals surface area contributed by atoms with Gasteiger partial charge in [-0.15, -0.1) is 10.2 Å². The van der Waals surface area contributed by atoms with Crippen molar-refractivity contribution in [3.63, 3.8) is 0 Å². The van der Waals surface area contributed by atoms with Crippen molar-refractivity contribution in [1.29, 1.82) is 0 Å².